The van der Waals surface area contributed by atoms with Crippen LogP contribution in [0.2, 0.25) is 0 Å². The van der Waals surface area contributed by atoms with Crippen molar-refractivity contribution in [2.45, 2.75) is 37.7 Å². The zero-order valence-electron chi connectivity index (χ0n) is 8.87. The van der Waals surface area contributed by atoms with Gasteiger partial charge >= 0.3 is 12.4 Å². The van der Waals surface area contributed by atoms with E-state index >= 15 is 0 Å². The van der Waals surface area contributed by atoms with Crippen molar-refractivity contribution in [2.75, 3.05) is 13.2 Å². The second kappa shape index (κ2) is 7.02. The zero-order valence-corrected chi connectivity index (χ0v) is 8.87. The number of rotatable bonds is 7. The highest BCUT2D eigenvalue weighted by Crippen LogP contribution is 2.22. The fourth-order valence-corrected chi connectivity index (χ4v) is 1.08. The van der Waals surface area contributed by atoms with Gasteiger partial charge in [0.15, 0.2) is 0 Å². The summed E-state index contributed by atoms with van der Waals surface area (Å²) in [5, 5.41) is 0. The quantitative estimate of drug-likeness (QED) is 0.422. The van der Waals surface area contributed by atoms with E-state index in [2.05, 4.69) is 10.2 Å². The van der Waals surface area contributed by atoms with Gasteiger partial charge in [-0.3, -0.25) is 11.3 Å². The zero-order chi connectivity index (χ0) is 13.5. The fourth-order valence-electron chi connectivity index (χ4n) is 1.08. The number of hydrogen-bond donors (Lipinski definition) is 2. The van der Waals surface area contributed by atoms with Gasteiger partial charge in [-0.25, -0.2) is 0 Å². The Morgan fingerprint density at radius 1 is 1.06 bits per heavy atom. The molecule has 0 aliphatic heterocycles. The van der Waals surface area contributed by atoms with E-state index in [0.717, 1.165) is 0 Å². The lowest BCUT2D eigenvalue weighted by atomic mass is 10.1. The van der Waals surface area contributed by atoms with Gasteiger partial charge in [-0.2, -0.15) is 26.3 Å². The molecule has 0 amide bonds. The first-order chi connectivity index (χ1) is 7.64. The molecule has 0 fully saturated rings. The highest BCUT2D eigenvalue weighted by Gasteiger charge is 2.29. The van der Waals surface area contributed by atoms with E-state index in [1.807, 2.05) is 0 Å². The number of ether oxygens (including phenoxy) is 1. The van der Waals surface area contributed by atoms with Gasteiger partial charge in [-0.05, 0) is 12.8 Å². The van der Waals surface area contributed by atoms with Crippen molar-refractivity contribution in [3.05, 3.63) is 0 Å². The first-order valence-electron chi connectivity index (χ1n) is 4.81. The predicted octanol–water partition coefficient (Wildman–Crippen LogP) is 2.13. The summed E-state index contributed by atoms with van der Waals surface area (Å²) in [6.45, 7) is -1.82. The van der Waals surface area contributed by atoms with Gasteiger partial charge in [0.05, 0.1) is 6.61 Å². The molecule has 0 spiro atoms. The topological polar surface area (TPSA) is 47.3 Å². The normalized spacial score (nSPS) is 15.0. The van der Waals surface area contributed by atoms with E-state index in [-0.39, 0.29) is 19.4 Å². The van der Waals surface area contributed by atoms with Crippen molar-refractivity contribution in [3.8, 4) is 0 Å². The molecular formula is C8H14F6N2O. The summed E-state index contributed by atoms with van der Waals surface area (Å²) < 4.78 is 74.7. The second-order valence-electron chi connectivity index (χ2n) is 3.50. The first kappa shape index (κ1) is 16.5. The number of nitrogens with one attached hydrogen (secondary N) is 1. The van der Waals surface area contributed by atoms with E-state index < -0.39 is 31.4 Å². The monoisotopic (exact) mass is 268 g/mol. The van der Waals surface area contributed by atoms with E-state index in [0.29, 0.717) is 0 Å². The standard InChI is InChI=1S/C8H14F6N2O/c9-7(10,11)3-1-2-6(16-15)4-17-5-8(12,13)14/h6,16H,1-5,15H2. The fraction of sp³-hybridized carbons (Fsp3) is 1.00. The summed E-state index contributed by atoms with van der Waals surface area (Å²) in [7, 11) is 0. The third kappa shape index (κ3) is 11.7. The minimum atomic E-state index is -4.45. The van der Waals surface area contributed by atoms with Crippen molar-refractivity contribution < 1.29 is 31.1 Å². The minimum Gasteiger partial charge on any atom is -0.370 e. The number of hydrazine groups is 1. The molecule has 1 unspecified atom stereocenters. The lowest BCUT2D eigenvalue weighted by Crippen LogP contribution is -2.39. The Morgan fingerprint density at radius 2 is 1.65 bits per heavy atom. The molecule has 0 bridgehead atoms. The lowest BCUT2D eigenvalue weighted by molar-refractivity contribution is -0.175. The Morgan fingerprint density at radius 3 is 2.06 bits per heavy atom. The number of alkyl halides is 6. The van der Waals surface area contributed by atoms with Crippen LogP contribution in [0.4, 0.5) is 26.3 Å². The average molecular weight is 268 g/mol. The maximum atomic E-state index is 11.8. The summed E-state index contributed by atoms with van der Waals surface area (Å²) >= 11 is 0. The summed E-state index contributed by atoms with van der Waals surface area (Å²) in [6, 6.07) is -0.722. The van der Waals surface area contributed by atoms with Gasteiger partial charge in [-0.15, -0.1) is 0 Å². The molecule has 0 radical (unpaired) electrons. The van der Waals surface area contributed by atoms with Crippen LogP contribution in [-0.4, -0.2) is 31.6 Å². The van der Waals surface area contributed by atoms with Crippen LogP contribution in [0.15, 0.2) is 0 Å². The van der Waals surface area contributed by atoms with Gasteiger partial charge in [0.25, 0.3) is 0 Å². The number of halogens is 6. The molecule has 0 heterocycles. The highest BCUT2D eigenvalue weighted by atomic mass is 19.4. The van der Waals surface area contributed by atoms with E-state index in [1.165, 1.54) is 0 Å². The van der Waals surface area contributed by atoms with Crippen molar-refractivity contribution >= 4 is 0 Å². The molecule has 1 atom stereocenters. The van der Waals surface area contributed by atoms with E-state index in [9.17, 15) is 26.3 Å². The molecular weight excluding hydrogens is 254 g/mol. The summed E-state index contributed by atoms with van der Waals surface area (Å²) in [5.41, 5.74) is 2.11. The number of nitrogens with two attached hydrogens (primary N) is 1. The van der Waals surface area contributed by atoms with Gasteiger partial charge in [-0.1, -0.05) is 0 Å². The van der Waals surface area contributed by atoms with Gasteiger partial charge in [0.1, 0.15) is 6.61 Å². The smallest absolute Gasteiger partial charge is 0.370 e. The summed E-state index contributed by atoms with van der Waals surface area (Å²) in [6.07, 6.45) is -9.94. The molecule has 0 aromatic rings. The van der Waals surface area contributed by atoms with Crippen LogP contribution in [0.1, 0.15) is 19.3 Å². The molecule has 0 rings (SSSR count). The van der Waals surface area contributed by atoms with E-state index in [4.69, 9.17) is 5.84 Å². The first-order valence-corrected chi connectivity index (χ1v) is 4.81. The highest BCUT2D eigenvalue weighted by molar-refractivity contribution is 4.64. The molecule has 9 heteroatoms. The molecule has 0 saturated carbocycles. The maximum Gasteiger partial charge on any atom is 0.411 e. The van der Waals surface area contributed by atoms with Gasteiger partial charge in [0, 0.05) is 12.5 Å². The Bertz CT molecular complexity index is 185. The second-order valence-corrected chi connectivity index (χ2v) is 3.50. The van der Waals surface area contributed by atoms with Crippen LogP contribution >= 0.6 is 0 Å². The van der Waals surface area contributed by atoms with Crippen molar-refractivity contribution in [2.24, 2.45) is 5.84 Å². The SMILES string of the molecule is NNC(CCCC(F)(F)F)COCC(F)(F)F. The maximum absolute atomic E-state index is 11.8. The third-order valence-electron chi connectivity index (χ3n) is 1.83. The Labute approximate surface area is 94.3 Å². The third-order valence-corrected chi connectivity index (χ3v) is 1.83. The molecule has 17 heavy (non-hydrogen) atoms. The average Bonchev–Trinajstić information content (AvgIpc) is 2.11. The predicted molar refractivity (Wildman–Crippen MR) is 47.9 cm³/mol. The Hall–Kier alpha value is -0.540. The van der Waals surface area contributed by atoms with Crippen LogP contribution in [0.25, 0.3) is 0 Å². The Balaban J connectivity index is 3.70. The number of hydrogen-bond acceptors (Lipinski definition) is 3. The van der Waals surface area contributed by atoms with Crippen LogP contribution in [0, 0.1) is 0 Å². The van der Waals surface area contributed by atoms with Crippen molar-refractivity contribution in [1.29, 1.82) is 0 Å². The van der Waals surface area contributed by atoms with E-state index in [1.54, 1.807) is 0 Å². The van der Waals surface area contributed by atoms with Crippen LogP contribution in [-0.2, 0) is 4.74 Å². The molecule has 0 saturated heterocycles. The molecule has 3 N–H and O–H groups in total. The van der Waals surface area contributed by atoms with Crippen LogP contribution in [0.5, 0.6) is 0 Å². The molecule has 0 aromatic heterocycles. The minimum absolute atomic E-state index is 0.00608. The molecule has 104 valence electrons. The van der Waals surface area contributed by atoms with Crippen LogP contribution in [0.3, 0.4) is 0 Å². The lowest BCUT2D eigenvalue weighted by Gasteiger charge is -2.17. The molecule has 0 aliphatic rings. The van der Waals surface area contributed by atoms with Crippen LogP contribution < -0.4 is 11.3 Å². The molecule has 0 aliphatic carbocycles. The van der Waals surface area contributed by atoms with Crippen molar-refractivity contribution in [3.63, 3.8) is 0 Å². The Kier molecular flexibility index (Phi) is 6.80. The summed E-state index contributed by atoms with van der Waals surface area (Å²) in [4.78, 5) is 0. The summed E-state index contributed by atoms with van der Waals surface area (Å²) in [5.74, 6) is 4.98. The largest absolute Gasteiger partial charge is 0.411 e. The van der Waals surface area contributed by atoms with Gasteiger partial charge in [0.2, 0.25) is 0 Å². The molecule has 0 aromatic carbocycles. The van der Waals surface area contributed by atoms with Crippen molar-refractivity contribution in [1.82, 2.24) is 5.43 Å². The van der Waals surface area contributed by atoms with Gasteiger partial charge < -0.3 is 4.74 Å². The molecule has 3 nitrogen and oxygen atoms in total.